The molecule has 0 aliphatic rings. The van der Waals surface area contributed by atoms with Crippen molar-refractivity contribution < 1.29 is 40.7 Å². The topological polar surface area (TPSA) is 43.4 Å². The molecule has 0 aromatic carbocycles. The second-order valence-electron chi connectivity index (χ2n) is 2.02. The molecule has 0 saturated heterocycles. The molecule has 0 radical (unpaired) electrons. The van der Waals surface area contributed by atoms with E-state index >= 15 is 0 Å². The minimum Gasteiger partial charge on any atom is -0.450 e. The number of ketones is 1. The van der Waals surface area contributed by atoms with E-state index in [0.29, 0.717) is 0 Å². The van der Waals surface area contributed by atoms with Crippen LogP contribution < -0.4 is 0 Å². The molecule has 0 unspecified atom stereocenters. The third-order valence-electron chi connectivity index (χ3n) is 0.810. The van der Waals surface area contributed by atoms with Crippen LogP contribution in [0.2, 0.25) is 0 Å². The number of carbonyl (C=O) groups is 2. The molecule has 0 bridgehead atoms. The first-order valence-electron chi connectivity index (χ1n) is 2.89. The van der Waals surface area contributed by atoms with Crippen molar-refractivity contribution in [2.45, 2.75) is 12.4 Å². The highest BCUT2D eigenvalue weighted by Gasteiger charge is 2.45. The fraction of sp³-hybridized carbons (Fsp3) is 0.600. The molecule has 0 fully saturated rings. The summed E-state index contributed by atoms with van der Waals surface area (Å²) in [6.07, 6.45) is -10.5. The molecule has 14 heavy (non-hydrogen) atoms. The number of ether oxygens (including phenoxy) is 1. The van der Waals surface area contributed by atoms with Gasteiger partial charge in [0.15, 0.2) is 6.61 Å². The van der Waals surface area contributed by atoms with Gasteiger partial charge in [0.1, 0.15) is 0 Å². The summed E-state index contributed by atoms with van der Waals surface area (Å²) < 4.78 is 71.1. The number of alkyl halides is 6. The SMILES string of the molecule is O=C(OCC(F)(F)F)C(=O)C(F)(F)F. The van der Waals surface area contributed by atoms with Gasteiger partial charge in [-0.3, -0.25) is 4.79 Å². The lowest BCUT2D eigenvalue weighted by Gasteiger charge is -2.07. The molecule has 0 amide bonds. The fourth-order valence-corrected chi connectivity index (χ4v) is 0.329. The van der Waals surface area contributed by atoms with Crippen LogP contribution in [0.25, 0.3) is 0 Å². The molecule has 0 N–H and O–H groups in total. The van der Waals surface area contributed by atoms with E-state index in [1.54, 1.807) is 0 Å². The standard InChI is InChI=1S/C5H2F6O3/c6-4(7,8)1-14-3(13)2(12)5(9,10)11/h1H2. The van der Waals surface area contributed by atoms with E-state index < -0.39 is 30.7 Å². The Labute approximate surface area is 72.6 Å². The van der Waals surface area contributed by atoms with Crippen molar-refractivity contribution in [3.63, 3.8) is 0 Å². The van der Waals surface area contributed by atoms with Crippen LogP contribution in [0.15, 0.2) is 0 Å². The van der Waals surface area contributed by atoms with Gasteiger partial charge in [0.2, 0.25) is 0 Å². The summed E-state index contributed by atoms with van der Waals surface area (Å²) in [6.45, 7) is -2.23. The van der Waals surface area contributed by atoms with Gasteiger partial charge in [-0.1, -0.05) is 0 Å². The molecule has 0 rings (SSSR count). The van der Waals surface area contributed by atoms with Gasteiger partial charge in [-0.25, -0.2) is 4.79 Å². The molecule has 0 aromatic rings. The second-order valence-corrected chi connectivity index (χ2v) is 2.02. The molecule has 3 nitrogen and oxygen atoms in total. The monoisotopic (exact) mass is 224 g/mol. The van der Waals surface area contributed by atoms with Crippen LogP contribution in [0.1, 0.15) is 0 Å². The average molecular weight is 224 g/mol. The highest BCUT2D eigenvalue weighted by atomic mass is 19.4. The summed E-state index contributed by atoms with van der Waals surface area (Å²) in [6, 6.07) is 0. The number of hydrogen-bond donors (Lipinski definition) is 0. The number of esters is 1. The van der Waals surface area contributed by atoms with Gasteiger partial charge in [0, 0.05) is 0 Å². The van der Waals surface area contributed by atoms with Crippen molar-refractivity contribution in [3.8, 4) is 0 Å². The largest absolute Gasteiger partial charge is 0.461 e. The zero-order chi connectivity index (χ0) is 11.6. The predicted molar refractivity (Wildman–Crippen MR) is 28.1 cm³/mol. The van der Waals surface area contributed by atoms with Crippen molar-refractivity contribution in [3.05, 3.63) is 0 Å². The molecule has 9 heteroatoms. The van der Waals surface area contributed by atoms with Crippen molar-refractivity contribution >= 4 is 11.8 Å². The minimum atomic E-state index is -5.53. The normalized spacial score (nSPS) is 12.4. The highest BCUT2D eigenvalue weighted by molar-refractivity contribution is 6.35. The van der Waals surface area contributed by atoms with Gasteiger partial charge < -0.3 is 4.74 Å². The van der Waals surface area contributed by atoms with Crippen LogP contribution in [0.5, 0.6) is 0 Å². The Balaban J connectivity index is 4.19. The highest BCUT2D eigenvalue weighted by Crippen LogP contribution is 2.18. The van der Waals surface area contributed by atoms with E-state index in [1.165, 1.54) is 0 Å². The average Bonchev–Trinajstić information content (AvgIpc) is 1.95. The number of halogens is 6. The predicted octanol–water partition coefficient (Wildman–Crippen LogP) is 1.22. The summed E-state index contributed by atoms with van der Waals surface area (Å²) >= 11 is 0. The third-order valence-corrected chi connectivity index (χ3v) is 0.810. The molecular weight excluding hydrogens is 222 g/mol. The van der Waals surface area contributed by atoms with E-state index in [9.17, 15) is 35.9 Å². The van der Waals surface area contributed by atoms with Crippen molar-refractivity contribution in [2.75, 3.05) is 6.61 Å². The van der Waals surface area contributed by atoms with Gasteiger partial charge in [-0.15, -0.1) is 0 Å². The first-order chi connectivity index (χ1) is 6.04. The van der Waals surface area contributed by atoms with Gasteiger partial charge in [-0.2, -0.15) is 26.3 Å². The molecule has 0 saturated carbocycles. The maximum absolute atomic E-state index is 11.4. The molecule has 82 valence electrons. The van der Waals surface area contributed by atoms with Crippen LogP contribution >= 0.6 is 0 Å². The fourth-order valence-electron chi connectivity index (χ4n) is 0.329. The van der Waals surface area contributed by atoms with Crippen LogP contribution in [-0.4, -0.2) is 30.7 Å². The third kappa shape index (κ3) is 4.67. The van der Waals surface area contributed by atoms with Crippen LogP contribution in [0.3, 0.4) is 0 Å². The summed E-state index contributed by atoms with van der Waals surface area (Å²) in [5, 5.41) is 0. The van der Waals surface area contributed by atoms with E-state index in [1.807, 2.05) is 0 Å². The van der Waals surface area contributed by atoms with E-state index in [2.05, 4.69) is 4.74 Å². The zero-order valence-electron chi connectivity index (χ0n) is 6.20. The number of carbonyl (C=O) groups excluding carboxylic acids is 2. The lowest BCUT2D eigenvalue weighted by Crippen LogP contribution is -2.34. The Bertz CT molecular complexity index is 239. The number of Topliss-reactive ketones (excluding diaryl/α,β-unsaturated/α-hetero) is 1. The first-order valence-corrected chi connectivity index (χ1v) is 2.89. The number of rotatable bonds is 2. The molecule has 0 aliphatic heterocycles. The van der Waals surface area contributed by atoms with Gasteiger partial charge in [0.25, 0.3) is 0 Å². The van der Waals surface area contributed by atoms with E-state index in [-0.39, 0.29) is 0 Å². The summed E-state index contributed by atoms with van der Waals surface area (Å²) in [7, 11) is 0. The zero-order valence-corrected chi connectivity index (χ0v) is 6.20. The van der Waals surface area contributed by atoms with Crippen molar-refractivity contribution in [1.29, 1.82) is 0 Å². The maximum Gasteiger partial charge on any atom is 0.461 e. The van der Waals surface area contributed by atoms with Crippen LogP contribution in [0, 0.1) is 0 Å². The maximum atomic E-state index is 11.4. The second kappa shape index (κ2) is 3.84. The van der Waals surface area contributed by atoms with Gasteiger partial charge in [0.05, 0.1) is 0 Å². The summed E-state index contributed by atoms with van der Waals surface area (Å²) in [4.78, 5) is 20.0. The lowest BCUT2D eigenvalue weighted by molar-refractivity contribution is -0.199. The Morgan fingerprint density at radius 3 is 1.71 bits per heavy atom. The molecule has 0 spiro atoms. The summed E-state index contributed by atoms with van der Waals surface area (Å²) in [5.74, 6) is -5.54. The van der Waals surface area contributed by atoms with E-state index in [4.69, 9.17) is 0 Å². The summed E-state index contributed by atoms with van der Waals surface area (Å²) in [5.41, 5.74) is 0. The van der Waals surface area contributed by atoms with Crippen LogP contribution in [0.4, 0.5) is 26.3 Å². The molecular formula is C5H2F6O3. The Kier molecular flexibility index (Phi) is 3.49. The van der Waals surface area contributed by atoms with Crippen molar-refractivity contribution in [1.82, 2.24) is 0 Å². The quantitative estimate of drug-likeness (QED) is 0.402. The first kappa shape index (κ1) is 12.7. The van der Waals surface area contributed by atoms with Crippen molar-refractivity contribution in [2.24, 2.45) is 0 Å². The van der Waals surface area contributed by atoms with Gasteiger partial charge >= 0.3 is 24.1 Å². The van der Waals surface area contributed by atoms with E-state index in [0.717, 1.165) is 0 Å². The number of hydrogen-bond acceptors (Lipinski definition) is 3. The molecule has 0 heterocycles. The molecule has 0 aliphatic carbocycles. The van der Waals surface area contributed by atoms with Crippen LogP contribution in [-0.2, 0) is 14.3 Å². The molecule has 0 atom stereocenters. The van der Waals surface area contributed by atoms with Gasteiger partial charge in [-0.05, 0) is 0 Å². The molecule has 0 aromatic heterocycles. The lowest BCUT2D eigenvalue weighted by atomic mass is 10.4. The Hall–Kier alpha value is -1.28. The Morgan fingerprint density at radius 2 is 1.43 bits per heavy atom. The smallest absolute Gasteiger partial charge is 0.450 e. The Morgan fingerprint density at radius 1 is 1.00 bits per heavy atom. The minimum absolute atomic E-state index is 2.23.